The van der Waals surface area contributed by atoms with Crippen molar-refractivity contribution in [3.8, 4) is 0 Å². The highest BCUT2D eigenvalue weighted by Crippen LogP contribution is 2.21. The summed E-state index contributed by atoms with van der Waals surface area (Å²) >= 11 is 0. The van der Waals surface area contributed by atoms with Crippen molar-refractivity contribution in [2.75, 3.05) is 0 Å². The Hall–Kier alpha value is -1.56. The van der Waals surface area contributed by atoms with E-state index in [0.717, 1.165) is 0 Å². The summed E-state index contributed by atoms with van der Waals surface area (Å²) in [6, 6.07) is 15.6. The molecule has 0 unspecified atom stereocenters. The fourth-order valence-corrected chi connectivity index (χ4v) is 4.60. The van der Waals surface area contributed by atoms with Gasteiger partial charge in [-0.3, -0.25) is 0 Å². The highest BCUT2D eigenvalue weighted by atomic mass is 14.1. The normalized spacial score (nSPS) is 11.6. The fraction of sp³-hybridized carbons (Fsp3) is 0.613. The second-order valence-corrected chi connectivity index (χ2v) is 9.39. The van der Waals surface area contributed by atoms with Gasteiger partial charge in [0.15, 0.2) is 0 Å². The maximum atomic E-state index is 2.43. The van der Waals surface area contributed by atoms with E-state index in [0.29, 0.717) is 0 Å². The Kier molecular flexibility index (Phi) is 15.0. The van der Waals surface area contributed by atoms with Gasteiger partial charge in [0.2, 0.25) is 0 Å². The predicted molar refractivity (Wildman–Crippen MR) is 141 cm³/mol. The zero-order valence-corrected chi connectivity index (χ0v) is 20.4. The van der Waals surface area contributed by atoms with Gasteiger partial charge in [0.1, 0.15) is 0 Å². The molecule has 0 spiro atoms. The predicted octanol–water partition coefficient (Wildman–Crippen LogP) is 10.6. The molecule has 0 saturated heterocycles. The van der Waals surface area contributed by atoms with Crippen LogP contribution in [0.15, 0.2) is 54.6 Å². The molecule has 2 aromatic carbocycles. The molecule has 31 heavy (non-hydrogen) atoms. The van der Waals surface area contributed by atoms with Crippen LogP contribution in [0.4, 0.5) is 0 Å². The minimum Gasteiger partial charge on any atom is -0.0885 e. The molecular weight excluding hydrogens is 372 g/mol. The van der Waals surface area contributed by atoms with Gasteiger partial charge in [-0.15, -0.1) is 0 Å². The monoisotopic (exact) mass is 420 g/mol. The maximum absolute atomic E-state index is 2.43. The first kappa shape index (κ1) is 25.7. The molecule has 0 N–H and O–H groups in total. The van der Waals surface area contributed by atoms with Gasteiger partial charge in [0.25, 0.3) is 0 Å². The Bertz CT molecular complexity index is 691. The fourth-order valence-electron chi connectivity index (χ4n) is 4.60. The maximum Gasteiger partial charge on any atom is -0.0152 e. The molecule has 0 aliphatic rings. The molecule has 0 bridgehead atoms. The first-order chi connectivity index (χ1) is 15.4. The van der Waals surface area contributed by atoms with Gasteiger partial charge in [-0.05, 0) is 54.9 Å². The van der Waals surface area contributed by atoms with Crippen LogP contribution in [0.5, 0.6) is 0 Å². The van der Waals surface area contributed by atoms with E-state index in [9.17, 15) is 0 Å². The minimum atomic E-state index is 1.23. The van der Waals surface area contributed by atoms with Gasteiger partial charge in [-0.1, -0.05) is 139 Å². The molecular formula is C31H48. The molecule has 0 saturated carbocycles. The van der Waals surface area contributed by atoms with Crippen LogP contribution in [-0.4, -0.2) is 0 Å². The summed E-state index contributed by atoms with van der Waals surface area (Å²) in [7, 11) is 0. The third-order valence-corrected chi connectivity index (χ3v) is 6.59. The van der Waals surface area contributed by atoms with Crippen LogP contribution in [0, 0.1) is 0 Å². The number of unbranched alkanes of at least 4 members (excludes halogenated alkanes) is 15. The van der Waals surface area contributed by atoms with Gasteiger partial charge in [0.05, 0.1) is 0 Å². The van der Waals surface area contributed by atoms with Crippen molar-refractivity contribution in [2.45, 2.75) is 122 Å². The highest BCUT2D eigenvalue weighted by molar-refractivity contribution is 5.85. The van der Waals surface area contributed by atoms with Crippen molar-refractivity contribution in [1.29, 1.82) is 0 Å². The second-order valence-electron chi connectivity index (χ2n) is 9.39. The molecule has 2 rings (SSSR count). The van der Waals surface area contributed by atoms with Crippen LogP contribution in [-0.2, 0) is 6.42 Å². The lowest BCUT2D eigenvalue weighted by Gasteiger charge is -2.06. The Morgan fingerprint density at radius 2 is 1.03 bits per heavy atom. The van der Waals surface area contributed by atoms with E-state index in [1.54, 1.807) is 0 Å². The topological polar surface area (TPSA) is 0 Å². The standard InChI is InChI=1S/C31H48/c1-2-3-4-5-6-7-8-9-10-11-12-13-14-15-16-17-18-19-20-24-29-26-23-27-30-25-21-22-28-31(29)30/h9-10,21-23,25-28H,2-8,11-20,24H2,1H3/b10-9+. The van der Waals surface area contributed by atoms with Crippen LogP contribution < -0.4 is 0 Å². The van der Waals surface area contributed by atoms with Gasteiger partial charge in [0, 0.05) is 0 Å². The molecule has 0 amide bonds. The molecule has 0 heterocycles. The lowest BCUT2D eigenvalue weighted by molar-refractivity contribution is 0.560. The largest absolute Gasteiger partial charge is 0.0885 e. The summed E-state index contributed by atoms with van der Waals surface area (Å²) in [5.74, 6) is 0. The van der Waals surface area contributed by atoms with Crippen LogP contribution >= 0.6 is 0 Å². The van der Waals surface area contributed by atoms with Gasteiger partial charge < -0.3 is 0 Å². The van der Waals surface area contributed by atoms with E-state index in [4.69, 9.17) is 0 Å². The van der Waals surface area contributed by atoms with E-state index in [1.165, 1.54) is 132 Å². The first-order valence-corrected chi connectivity index (χ1v) is 13.5. The molecule has 0 nitrogen and oxygen atoms in total. The Morgan fingerprint density at radius 1 is 0.516 bits per heavy atom. The SMILES string of the molecule is CCCCCCCC/C=C/CCCCCCCCCCCc1cccc2ccccc12. The summed E-state index contributed by atoms with van der Waals surface area (Å²) in [6.07, 6.45) is 29.8. The molecule has 0 atom stereocenters. The van der Waals surface area contributed by atoms with E-state index < -0.39 is 0 Å². The zero-order valence-electron chi connectivity index (χ0n) is 20.4. The van der Waals surface area contributed by atoms with Crippen molar-refractivity contribution < 1.29 is 0 Å². The molecule has 0 heteroatoms. The van der Waals surface area contributed by atoms with Crippen LogP contribution in [0.3, 0.4) is 0 Å². The molecule has 0 fully saturated rings. The number of hydrogen-bond acceptors (Lipinski definition) is 0. The van der Waals surface area contributed by atoms with Crippen LogP contribution in [0.2, 0.25) is 0 Å². The van der Waals surface area contributed by atoms with Crippen molar-refractivity contribution in [3.63, 3.8) is 0 Å². The van der Waals surface area contributed by atoms with Gasteiger partial charge in [-0.25, -0.2) is 0 Å². The quantitative estimate of drug-likeness (QED) is 0.156. The summed E-state index contributed by atoms with van der Waals surface area (Å²) in [5.41, 5.74) is 1.53. The Labute approximate surface area is 193 Å². The van der Waals surface area contributed by atoms with Crippen molar-refractivity contribution in [3.05, 3.63) is 60.2 Å². The zero-order chi connectivity index (χ0) is 21.8. The number of allylic oxidation sites excluding steroid dienone is 2. The van der Waals surface area contributed by atoms with Crippen LogP contribution in [0.1, 0.15) is 122 Å². The lowest BCUT2D eigenvalue weighted by atomic mass is 9.99. The summed E-state index contributed by atoms with van der Waals surface area (Å²) in [4.78, 5) is 0. The average Bonchev–Trinajstić information content (AvgIpc) is 2.80. The first-order valence-electron chi connectivity index (χ1n) is 13.5. The minimum absolute atomic E-state index is 1.23. The van der Waals surface area contributed by atoms with Crippen LogP contribution in [0.25, 0.3) is 10.8 Å². The van der Waals surface area contributed by atoms with E-state index in [-0.39, 0.29) is 0 Å². The third-order valence-electron chi connectivity index (χ3n) is 6.59. The second kappa shape index (κ2) is 18.1. The van der Waals surface area contributed by atoms with E-state index in [1.807, 2.05) is 0 Å². The number of fused-ring (bicyclic) bond motifs is 1. The number of benzene rings is 2. The lowest BCUT2D eigenvalue weighted by Crippen LogP contribution is -1.88. The van der Waals surface area contributed by atoms with Crippen molar-refractivity contribution >= 4 is 10.8 Å². The molecule has 0 aliphatic carbocycles. The van der Waals surface area contributed by atoms with Crippen molar-refractivity contribution in [2.24, 2.45) is 0 Å². The van der Waals surface area contributed by atoms with Gasteiger partial charge in [-0.2, -0.15) is 0 Å². The number of hydrogen-bond donors (Lipinski definition) is 0. The molecule has 2 aromatic rings. The highest BCUT2D eigenvalue weighted by Gasteiger charge is 2.00. The number of aryl methyl sites for hydroxylation is 1. The smallest absolute Gasteiger partial charge is 0.0152 e. The molecule has 0 aromatic heterocycles. The number of rotatable bonds is 19. The van der Waals surface area contributed by atoms with E-state index in [2.05, 4.69) is 61.5 Å². The third kappa shape index (κ3) is 12.2. The Morgan fingerprint density at radius 3 is 1.68 bits per heavy atom. The van der Waals surface area contributed by atoms with Gasteiger partial charge >= 0.3 is 0 Å². The molecule has 172 valence electrons. The summed E-state index contributed by atoms with van der Waals surface area (Å²) in [5, 5.41) is 2.83. The Balaban J connectivity index is 1.34. The summed E-state index contributed by atoms with van der Waals surface area (Å²) < 4.78 is 0. The summed E-state index contributed by atoms with van der Waals surface area (Å²) in [6.45, 7) is 2.29. The van der Waals surface area contributed by atoms with E-state index >= 15 is 0 Å². The molecule has 0 aliphatic heterocycles. The van der Waals surface area contributed by atoms with Crippen molar-refractivity contribution in [1.82, 2.24) is 0 Å². The molecule has 0 radical (unpaired) electrons. The average molecular weight is 421 g/mol.